The highest BCUT2D eigenvalue weighted by molar-refractivity contribution is 7.00. The third-order valence-corrected chi connectivity index (χ3v) is 23.2. The maximum absolute atomic E-state index is 11.8. The molecule has 566 valence electrons. The maximum Gasteiger partial charge on any atom is 0.252 e. The highest BCUT2D eigenvalue weighted by Crippen LogP contribution is 2.57. The lowest BCUT2D eigenvalue weighted by Gasteiger charge is -2.46. The van der Waals surface area contributed by atoms with Crippen LogP contribution >= 0.6 is 0 Å². The molecule has 0 bridgehead atoms. The van der Waals surface area contributed by atoms with Gasteiger partial charge in [0.15, 0.2) is 0 Å². The van der Waals surface area contributed by atoms with Gasteiger partial charge in [-0.25, -0.2) is 0 Å². The minimum absolute atomic E-state index is 0.00204. The van der Waals surface area contributed by atoms with E-state index >= 15 is 0 Å². The normalized spacial score (nSPS) is 15.8. The molecule has 0 fully saturated rings. The van der Waals surface area contributed by atoms with Gasteiger partial charge in [-0.2, -0.15) is 0 Å². The fourth-order valence-corrected chi connectivity index (χ4v) is 17.2. The van der Waals surface area contributed by atoms with E-state index in [1.165, 1.54) is 15.2 Å². The van der Waals surface area contributed by atoms with Crippen LogP contribution in [-0.4, -0.2) is 15.8 Å². The average Bonchev–Trinajstić information content (AvgIpc) is 1.60. The van der Waals surface area contributed by atoms with Gasteiger partial charge in [0.25, 0.3) is 6.71 Å². The van der Waals surface area contributed by atoms with Gasteiger partial charge >= 0.3 is 0 Å². The Hall–Kier alpha value is -13.2. The molecular weight excluding hydrogens is 1410 g/mol. The van der Waals surface area contributed by atoms with E-state index in [1.807, 2.05) is 131 Å². The molecule has 2 aliphatic rings. The van der Waals surface area contributed by atoms with Crippen LogP contribution in [0.5, 0.6) is 0 Å². The largest absolute Gasteiger partial charge is 0.310 e. The molecule has 0 amide bonds. The smallest absolute Gasteiger partial charge is 0.252 e. The molecule has 0 saturated carbocycles. The van der Waals surface area contributed by atoms with Crippen molar-refractivity contribution in [1.82, 2.24) is 9.13 Å². The SMILES string of the molecule is [2H]c1cc(-n2c3c([2H])c([2H])c([2H])c([2H])c3c3c([2H])c([2H])c([2H])c([2H])c32)cc2c1B1c3c(cc(-c4c([2H])c([2H])c([2H])c([2H])c4[2H])cc3N(c3c(-c4cccc(C(C)(C)C)c4)cc(-c4ccccc4)cc3-c3cccc(C(C)(C)C)c3)c3cc(-n4c5c([2H])c([2H])c([2H])c([2H])c5c5c([2H])c([2H])c([2H])c([2H])c54)c([2H])c([2H])c31)N2c1c(-c2cccc(C(C)(C)C)c2)cc(-c2ccccc2)cc1-c1cccc(C(C)(C)C)c1. The van der Waals surface area contributed by atoms with E-state index in [0.29, 0.717) is 55.9 Å². The Morgan fingerprint density at radius 1 is 0.239 bits per heavy atom. The number of rotatable bonds is 11. The Morgan fingerprint density at radius 2 is 0.556 bits per heavy atom. The molecule has 0 N–H and O–H groups in total. The predicted octanol–water partition coefficient (Wildman–Crippen LogP) is 28.8. The highest BCUT2D eigenvalue weighted by Gasteiger charge is 2.46. The minimum atomic E-state index is -1.57. The molecule has 18 aromatic rings. The monoisotopic (exact) mass is 1530 g/mol. The molecule has 0 spiro atoms. The van der Waals surface area contributed by atoms with Crippen molar-refractivity contribution < 1.29 is 32.9 Å². The minimum Gasteiger partial charge on any atom is -0.310 e. The number of nitrogens with zero attached hydrogens (tertiary/aromatic N) is 4. The van der Waals surface area contributed by atoms with Gasteiger partial charge in [-0.15, -0.1) is 0 Å². The first kappa shape index (κ1) is 50.9. The molecule has 0 radical (unpaired) electrons. The first-order valence-corrected chi connectivity index (χ1v) is 39.6. The predicted molar refractivity (Wildman–Crippen MR) is 502 cm³/mol. The number of benzene rings is 16. The van der Waals surface area contributed by atoms with Crippen molar-refractivity contribution >= 4 is 101 Å². The van der Waals surface area contributed by atoms with E-state index in [-0.39, 0.29) is 111 Å². The lowest BCUT2D eigenvalue weighted by Crippen LogP contribution is -2.61. The second kappa shape index (κ2) is 27.8. The van der Waals surface area contributed by atoms with E-state index in [0.717, 1.165) is 44.5 Å². The van der Waals surface area contributed by atoms with Crippen LogP contribution in [0.2, 0.25) is 0 Å². The fourth-order valence-electron chi connectivity index (χ4n) is 17.2. The summed E-state index contributed by atoms with van der Waals surface area (Å²) in [7, 11) is 0. The van der Waals surface area contributed by atoms with Crippen LogP contribution in [0, 0.1) is 0 Å². The van der Waals surface area contributed by atoms with Gasteiger partial charge < -0.3 is 18.9 Å². The summed E-state index contributed by atoms with van der Waals surface area (Å²) in [4.78, 5) is 3.91. The lowest BCUT2D eigenvalue weighted by molar-refractivity contribution is 0.590. The summed E-state index contributed by atoms with van der Waals surface area (Å²) in [6.45, 7) is 23.7. The van der Waals surface area contributed by atoms with Gasteiger partial charge in [-0.3, -0.25) is 0 Å². The van der Waals surface area contributed by atoms with Gasteiger partial charge in [0.05, 0.1) is 66.3 Å². The molecule has 2 aliphatic heterocycles. The van der Waals surface area contributed by atoms with Crippen molar-refractivity contribution in [1.29, 1.82) is 0 Å². The van der Waals surface area contributed by atoms with Crippen LogP contribution in [-0.2, 0) is 21.7 Å². The topological polar surface area (TPSA) is 16.3 Å². The van der Waals surface area contributed by atoms with Crippen LogP contribution in [0.15, 0.2) is 357 Å². The van der Waals surface area contributed by atoms with Crippen LogP contribution < -0.4 is 26.2 Å². The van der Waals surface area contributed by atoms with Crippen molar-refractivity contribution in [2.24, 2.45) is 0 Å². The first-order chi connectivity index (χ1) is 66.5. The summed E-state index contributed by atoms with van der Waals surface area (Å²) in [5.74, 6) is 0. The molecule has 16 aromatic carbocycles. The van der Waals surface area contributed by atoms with Gasteiger partial charge in [0, 0.05) is 77.9 Å². The molecular formula is C112H95BN4. The van der Waals surface area contributed by atoms with Gasteiger partial charge in [0.1, 0.15) is 0 Å². The highest BCUT2D eigenvalue weighted by atomic mass is 15.2. The Kier molecular flexibility index (Phi) is 12.1. The summed E-state index contributed by atoms with van der Waals surface area (Å²) >= 11 is 0. The molecule has 0 saturated heterocycles. The number of anilines is 6. The Labute approximate surface area is 723 Å². The summed E-state index contributed by atoms with van der Waals surface area (Å²) in [5.41, 5.74) is 8.90. The van der Waals surface area contributed by atoms with Crippen molar-refractivity contribution in [2.45, 2.75) is 105 Å². The number of hydrogen-bond donors (Lipinski definition) is 0. The molecule has 117 heavy (non-hydrogen) atoms. The molecule has 20 rings (SSSR count). The fraction of sp³-hybridized carbons (Fsp3) is 0.143. The zero-order chi connectivity index (χ0) is 101. The zero-order valence-electron chi connectivity index (χ0n) is 91.1. The third kappa shape index (κ3) is 12.5. The summed E-state index contributed by atoms with van der Waals surface area (Å²) in [6.07, 6.45) is 0. The molecule has 0 aliphatic carbocycles. The summed E-state index contributed by atoms with van der Waals surface area (Å²) in [5, 5.41) is -1.17. The summed E-state index contributed by atoms with van der Waals surface area (Å²) < 4.78 is 242. The molecule has 2 aromatic heterocycles. The van der Waals surface area contributed by atoms with Crippen molar-refractivity contribution in [3.8, 4) is 89.3 Å². The quantitative estimate of drug-likeness (QED) is 0.120. The van der Waals surface area contributed by atoms with Gasteiger partial charge in [-0.1, -0.05) is 356 Å². The molecule has 5 heteroatoms. The molecule has 4 heterocycles. The van der Waals surface area contributed by atoms with Crippen LogP contribution in [0.3, 0.4) is 0 Å². The summed E-state index contributed by atoms with van der Waals surface area (Å²) in [6, 6.07) is 52.7. The van der Waals surface area contributed by atoms with Crippen LogP contribution in [0.4, 0.5) is 34.1 Å². The second-order valence-corrected chi connectivity index (χ2v) is 34.7. The number of hydrogen-bond acceptors (Lipinski definition) is 2. The maximum atomic E-state index is 11.8. The van der Waals surface area contributed by atoms with E-state index in [1.54, 1.807) is 24.3 Å². The Balaban J connectivity index is 1.09. The van der Waals surface area contributed by atoms with Gasteiger partial charge in [-0.05, 0) is 201 Å². The van der Waals surface area contributed by atoms with Crippen molar-refractivity contribution in [2.75, 3.05) is 9.80 Å². The number of aromatic nitrogens is 2. The van der Waals surface area contributed by atoms with E-state index in [4.69, 9.17) is 0 Å². The van der Waals surface area contributed by atoms with Crippen molar-refractivity contribution in [3.05, 3.63) is 380 Å². The van der Waals surface area contributed by atoms with Gasteiger partial charge in [0.2, 0.25) is 0 Å². The third-order valence-electron chi connectivity index (χ3n) is 23.2. The standard InChI is InChI=1S/C112H95BN4/c1-109(2,3)82-44-30-40-75(60-82)92-64-79(72-34-16-13-17-35-72)65-93(76-41-31-45-83(61-76)110(4,5)6)107(92)116-102-70-86(114-98-52-26-22-48-88(98)89-49-23-27-53-99(89)114)56-58-96(102)113-97-59-57-87(115-100-54-28-24-50-90(100)91-51-25-29-55-101(91)115)71-103(97)117(105-69-81(68-104(116)106(105)113)74-38-20-15-21-39-74)108-94(77-42-32-46-84(62-77)111(7,8)9)66-80(73-36-18-14-19-37-73)67-95(108)78-43-33-47-85(63-78)112(10,11)12/h13-71H,1-12H3/i15D,20D,21D,22D,23D,24D,25D,26D,27D,28D,29D,38D,39D,48D,49D,50D,51D,52D,53D,54D,55D,56D,58D,59D. The molecule has 4 nitrogen and oxygen atoms in total. The first-order valence-electron chi connectivity index (χ1n) is 51.6. The number of fused-ring (bicyclic) bond motifs is 10. The average molecular weight is 1530 g/mol. The molecule has 0 unspecified atom stereocenters. The Bertz CT molecular complexity index is 8170. The Morgan fingerprint density at radius 3 is 0.923 bits per heavy atom. The van der Waals surface area contributed by atoms with Crippen molar-refractivity contribution in [3.63, 3.8) is 0 Å². The van der Waals surface area contributed by atoms with Crippen LogP contribution in [0.1, 0.15) is 138 Å². The zero-order valence-corrected chi connectivity index (χ0v) is 67.1. The van der Waals surface area contributed by atoms with E-state index in [9.17, 15) is 32.9 Å². The lowest BCUT2D eigenvalue weighted by atomic mass is 9.33. The second-order valence-electron chi connectivity index (χ2n) is 34.7. The van der Waals surface area contributed by atoms with E-state index in [2.05, 4.69) is 144 Å². The van der Waals surface area contributed by atoms with E-state index < -0.39 is 167 Å². The number of para-hydroxylation sites is 4. The van der Waals surface area contributed by atoms with Crippen LogP contribution in [0.25, 0.3) is 133 Å². The molecule has 0 atom stereocenters.